The molecular weight excluding hydrogens is 286 g/mol. The van der Waals surface area contributed by atoms with Crippen molar-refractivity contribution in [3.8, 4) is 0 Å². The summed E-state index contributed by atoms with van der Waals surface area (Å²) in [5.74, 6) is -1.67. The zero-order chi connectivity index (χ0) is 15.3. The van der Waals surface area contributed by atoms with Gasteiger partial charge in [-0.05, 0) is 12.5 Å². The molecule has 0 radical (unpaired) electrons. The maximum Gasteiger partial charge on any atom is 0.352 e. The Balaban J connectivity index is 2.81. The Hall–Kier alpha value is -1.87. The van der Waals surface area contributed by atoms with Crippen molar-refractivity contribution in [1.29, 1.82) is 0 Å². The first kappa shape index (κ1) is 16.2. The summed E-state index contributed by atoms with van der Waals surface area (Å²) in [6.07, 6.45) is 1.83. The smallest absolute Gasteiger partial charge is 0.352 e. The summed E-state index contributed by atoms with van der Waals surface area (Å²) in [5, 5.41) is 11.3. The molecule has 0 saturated heterocycles. The highest BCUT2D eigenvalue weighted by Gasteiger charge is 2.24. The SMILES string of the molecule is CCCNC(=O)CN(C)S(=O)(=O)c1c[nH]c(C(=O)O)c1. The number of amides is 1. The third-order valence-corrected chi connectivity index (χ3v) is 4.31. The summed E-state index contributed by atoms with van der Waals surface area (Å²) in [4.78, 5) is 24.3. The van der Waals surface area contributed by atoms with Crippen LogP contribution in [0.15, 0.2) is 17.2 Å². The van der Waals surface area contributed by atoms with E-state index in [0.29, 0.717) is 6.54 Å². The van der Waals surface area contributed by atoms with Crippen molar-refractivity contribution in [2.24, 2.45) is 0 Å². The van der Waals surface area contributed by atoms with Gasteiger partial charge >= 0.3 is 5.97 Å². The van der Waals surface area contributed by atoms with E-state index in [0.717, 1.165) is 23.0 Å². The quantitative estimate of drug-likeness (QED) is 0.647. The Morgan fingerprint density at radius 1 is 1.45 bits per heavy atom. The number of sulfonamides is 1. The van der Waals surface area contributed by atoms with Crippen molar-refractivity contribution < 1.29 is 23.1 Å². The summed E-state index contributed by atoms with van der Waals surface area (Å²) in [5.41, 5.74) is -0.229. The van der Waals surface area contributed by atoms with E-state index in [9.17, 15) is 18.0 Å². The minimum Gasteiger partial charge on any atom is -0.477 e. The van der Waals surface area contributed by atoms with Crippen LogP contribution in [0.2, 0.25) is 0 Å². The van der Waals surface area contributed by atoms with E-state index < -0.39 is 21.9 Å². The Morgan fingerprint density at radius 3 is 2.60 bits per heavy atom. The molecule has 0 aliphatic carbocycles. The molecule has 0 fully saturated rings. The average Bonchev–Trinajstić information content (AvgIpc) is 2.86. The molecule has 0 unspecified atom stereocenters. The molecule has 1 heterocycles. The van der Waals surface area contributed by atoms with Crippen LogP contribution in [0.4, 0.5) is 0 Å². The molecule has 1 aromatic rings. The zero-order valence-electron chi connectivity index (χ0n) is 11.2. The van der Waals surface area contributed by atoms with E-state index in [1.165, 1.54) is 7.05 Å². The van der Waals surface area contributed by atoms with E-state index >= 15 is 0 Å². The molecule has 1 amide bonds. The predicted octanol–water partition coefficient (Wildman–Crippen LogP) is -0.140. The van der Waals surface area contributed by atoms with Gasteiger partial charge in [-0.25, -0.2) is 13.2 Å². The van der Waals surface area contributed by atoms with Gasteiger partial charge in [-0.3, -0.25) is 4.79 Å². The minimum absolute atomic E-state index is 0.194. The van der Waals surface area contributed by atoms with Gasteiger partial charge in [0.05, 0.1) is 6.54 Å². The molecule has 9 heteroatoms. The lowest BCUT2D eigenvalue weighted by atomic mass is 10.4. The molecule has 0 bridgehead atoms. The number of hydrogen-bond acceptors (Lipinski definition) is 4. The Kier molecular flexibility index (Phi) is 5.28. The van der Waals surface area contributed by atoms with Crippen LogP contribution in [-0.2, 0) is 14.8 Å². The maximum absolute atomic E-state index is 12.1. The topological polar surface area (TPSA) is 120 Å². The van der Waals surface area contributed by atoms with Gasteiger partial charge in [0, 0.05) is 19.8 Å². The van der Waals surface area contributed by atoms with Gasteiger partial charge in [-0.2, -0.15) is 4.31 Å². The van der Waals surface area contributed by atoms with E-state index in [1.807, 2.05) is 6.92 Å². The number of carboxylic acid groups (broad SMARTS) is 1. The highest BCUT2D eigenvalue weighted by Crippen LogP contribution is 2.15. The number of H-pyrrole nitrogens is 1. The summed E-state index contributed by atoms with van der Waals surface area (Å²) in [6, 6.07) is 1.01. The van der Waals surface area contributed by atoms with Gasteiger partial charge in [0.2, 0.25) is 15.9 Å². The van der Waals surface area contributed by atoms with Crippen molar-refractivity contribution in [1.82, 2.24) is 14.6 Å². The summed E-state index contributed by atoms with van der Waals surface area (Å²) >= 11 is 0. The van der Waals surface area contributed by atoms with Crippen molar-refractivity contribution in [2.45, 2.75) is 18.2 Å². The van der Waals surface area contributed by atoms with Crippen LogP contribution in [0.25, 0.3) is 0 Å². The van der Waals surface area contributed by atoms with Gasteiger partial charge in [0.1, 0.15) is 10.6 Å². The van der Waals surface area contributed by atoms with E-state index in [4.69, 9.17) is 5.11 Å². The van der Waals surface area contributed by atoms with Crippen LogP contribution in [0.1, 0.15) is 23.8 Å². The number of carbonyl (C=O) groups excluding carboxylic acids is 1. The van der Waals surface area contributed by atoms with E-state index in [1.54, 1.807) is 0 Å². The van der Waals surface area contributed by atoms with E-state index in [-0.39, 0.29) is 17.1 Å². The second kappa shape index (κ2) is 6.53. The molecule has 0 aromatic carbocycles. The fraction of sp³-hybridized carbons (Fsp3) is 0.455. The first-order chi connectivity index (χ1) is 9.28. The van der Waals surface area contributed by atoms with Crippen LogP contribution < -0.4 is 5.32 Å². The van der Waals surface area contributed by atoms with E-state index in [2.05, 4.69) is 10.3 Å². The number of nitrogens with zero attached hydrogens (tertiary/aromatic N) is 1. The number of nitrogens with one attached hydrogen (secondary N) is 2. The third kappa shape index (κ3) is 3.81. The first-order valence-corrected chi connectivity index (χ1v) is 7.37. The molecule has 1 rings (SSSR count). The number of carbonyl (C=O) groups is 2. The Bertz CT molecular complexity index is 593. The summed E-state index contributed by atoms with van der Waals surface area (Å²) in [6.45, 7) is 2.03. The molecular formula is C11H17N3O5S. The lowest BCUT2D eigenvalue weighted by Gasteiger charge is -2.15. The summed E-state index contributed by atoms with van der Waals surface area (Å²) < 4.78 is 25.1. The number of likely N-dealkylation sites (N-methyl/N-ethyl adjacent to an activating group) is 1. The van der Waals surface area contributed by atoms with Crippen molar-refractivity contribution in [3.05, 3.63) is 18.0 Å². The highest BCUT2D eigenvalue weighted by atomic mass is 32.2. The van der Waals surface area contributed by atoms with Crippen LogP contribution in [0.3, 0.4) is 0 Å². The molecule has 0 aliphatic rings. The number of aromatic nitrogens is 1. The van der Waals surface area contributed by atoms with Crippen LogP contribution in [0.5, 0.6) is 0 Å². The standard InChI is InChI=1S/C11H17N3O5S/c1-3-4-12-10(15)7-14(2)20(18,19)8-5-9(11(16)17)13-6-8/h5-6,13H,3-4,7H2,1-2H3,(H,12,15)(H,16,17). The average molecular weight is 303 g/mol. The van der Waals surface area contributed by atoms with Crippen molar-refractivity contribution >= 4 is 21.9 Å². The van der Waals surface area contributed by atoms with Gasteiger partial charge in [-0.15, -0.1) is 0 Å². The molecule has 0 atom stereocenters. The fourth-order valence-corrected chi connectivity index (χ4v) is 2.56. The van der Waals surface area contributed by atoms with Crippen molar-refractivity contribution in [2.75, 3.05) is 20.1 Å². The minimum atomic E-state index is -3.89. The van der Waals surface area contributed by atoms with Gasteiger partial charge < -0.3 is 15.4 Å². The molecule has 1 aromatic heterocycles. The predicted molar refractivity (Wildman–Crippen MR) is 70.9 cm³/mol. The monoisotopic (exact) mass is 303 g/mol. The lowest BCUT2D eigenvalue weighted by molar-refractivity contribution is -0.121. The second-order valence-corrected chi connectivity index (χ2v) is 6.21. The Labute approximate surface area is 116 Å². The number of carboxylic acids is 1. The normalized spacial score (nSPS) is 11.6. The number of aromatic amines is 1. The molecule has 0 spiro atoms. The number of hydrogen-bond donors (Lipinski definition) is 3. The molecule has 0 saturated carbocycles. The molecule has 8 nitrogen and oxygen atoms in total. The zero-order valence-corrected chi connectivity index (χ0v) is 12.0. The van der Waals surface area contributed by atoms with Crippen LogP contribution >= 0.6 is 0 Å². The highest BCUT2D eigenvalue weighted by molar-refractivity contribution is 7.89. The van der Waals surface area contributed by atoms with Crippen molar-refractivity contribution in [3.63, 3.8) is 0 Å². The second-order valence-electron chi connectivity index (χ2n) is 4.17. The molecule has 3 N–H and O–H groups in total. The maximum atomic E-state index is 12.1. The Morgan fingerprint density at radius 2 is 2.10 bits per heavy atom. The fourth-order valence-electron chi connectivity index (χ4n) is 1.43. The first-order valence-electron chi connectivity index (χ1n) is 5.93. The lowest BCUT2D eigenvalue weighted by Crippen LogP contribution is -2.38. The van der Waals surface area contributed by atoms with Gasteiger partial charge in [0.15, 0.2) is 0 Å². The third-order valence-electron chi connectivity index (χ3n) is 2.53. The molecule has 112 valence electrons. The number of rotatable bonds is 7. The van der Waals surface area contributed by atoms with Gasteiger partial charge in [0.25, 0.3) is 0 Å². The van der Waals surface area contributed by atoms with Gasteiger partial charge in [-0.1, -0.05) is 6.92 Å². The summed E-state index contributed by atoms with van der Waals surface area (Å²) in [7, 11) is -2.64. The van der Waals surface area contributed by atoms with Crippen LogP contribution in [-0.4, -0.2) is 54.8 Å². The number of aromatic carboxylic acids is 1. The molecule has 20 heavy (non-hydrogen) atoms. The largest absolute Gasteiger partial charge is 0.477 e. The molecule has 0 aliphatic heterocycles. The van der Waals surface area contributed by atoms with Crippen LogP contribution in [0, 0.1) is 0 Å².